The van der Waals surface area contributed by atoms with Gasteiger partial charge in [-0.3, -0.25) is 0 Å². The number of benzene rings is 2. The van der Waals surface area contributed by atoms with E-state index in [1.54, 1.807) is 0 Å². The molecule has 0 aliphatic heterocycles. The van der Waals surface area contributed by atoms with Crippen molar-refractivity contribution in [3.8, 4) is 5.75 Å². The molecule has 0 heterocycles. The Labute approximate surface area is 106 Å². The maximum atomic E-state index is 5.92. The Morgan fingerprint density at radius 1 is 1.00 bits per heavy atom. The fourth-order valence-corrected chi connectivity index (χ4v) is 1.71. The van der Waals surface area contributed by atoms with Crippen LogP contribution in [-0.4, -0.2) is 0 Å². The Balaban J connectivity index is 2.12. The third-order valence-electron chi connectivity index (χ3n) is 2.42. The average molecular weight is 245 g/mol. The number of rotatable bonds is 4. The number of para-hydroxylation sites is 1. The maximum Gasteiger partial charge on any atom is 0.128 e. The fraction of sp³-hybridized carbons (Fsp3) is 0.0667. The normalized spacial score (nSPS) is 9.94. The topological polar surface area (TPSA) is 9.23 Å². The van der Waals surface area contributed by atoms with Crippen molar-refractivity contribution in [3.05, 3.63) is 72.3 Å². The molecule has 2 heteroatoms. The minimum atomic E-state index is 0.494. The zero-order valence-electron chi connectivity index (χ0n) is 9.40. The van der Waals surface area contributed by atoms with Crippen LogP contribution >= 0.6 is 11.6 Å². The third kappa shape index (κ3) is 3.11. The van der Waals surface area contributed by atoms with Crippen LogP contribution in [0.5, 0.6) is 5.75 Å². The van der Waals surface area contributed by atoms with Crippen LogP contribution in [0.15, 0.2) is 61.2 Å². The first-order valence-electron chi connectivity index (χ1n) is 5.38. The highest BCUT2D eigenvalue weighted by molar-refractivity contribution is 6.48. The van der Waals surface area contributed by atoms with Gasteiger partial charge in [0.05, 0.1) is 0 Å². The number of hydrogen-bond donors (Lipinski definition) is 0. The van der Waals surface area contributed by atoms with Crippen LogP contribution in [0.25, 0.3) is 5.03 Å². The zero-order chi connectivity index (χ0) is 12.1. The lowest BCUT2D eigenvalue weighted by molar-refractivity contribution is 0.305. The van der Waals surface area contributed by atoms with E-state index in [1.807, 2.05) is 54.6 Å². The summed E-state index contributed by atoms with van der Waals surface area (Å²) in [5, 5.41) is 0.494. The van der Waals surface area contributed by atoms with Crippen molar-refractivity contribution in [2.24, 2.45) is 0 Å². The maximum absolute atomic E-state index is 5.92. The molecule has 0 saturated heterocycles. The summed E-state index contributed by atoms with van der Waals surface area (Å²) in [5.41, 5.74) is 1.97. The standard InChI is InChI=1S/C15H13ClO/c1-12(16)14-9-5-6-10-15(14)17-11-13-7-3-2-4-8-13/h2-10H,1,11H2. The van der Waals surface area contributed by atoms with Crippen LogP contribution in [0.1, 0.15) is 11.1 Å². The number of halogens is 1. The van der Waals surface area contributed by atoms with Gasteiger partial charge >= 0.3 is 0 Å². The highest BCUT2D eigenvalue weighted by Gasteiger charge is 2.04. The second kappa shape index (κ2) is 5.55. The molecular weight excluding hydrogens is 232 g/mol. The fourth-order valence-electron chi connectivity index (χ4n) is 1.55. The van der Waals surface area contributed by atoms with Gasteiger partial charge in [0.15, 0.2) is 0 Å². The van der Waals surface area contributed by atoms with Crippen LogP contribution in [0.2, 0.25) is 0 Å². The SMILES string of the molecule is C=C(Cl)c1ccccc1OCc1ccccc1. The second-order valence-electron chi connectivity index (χ2n) is 3.68. The largest absolute Gasteiger partial charge is 0.488 e. The molecule has 2 rings (SSSR count). The molecule has 0 bridgehead atoms. The summed E-state index contributed by atoms with van der Waals surface area (Å²) in [6, 6.07) is 17.6. The first-order valence-corrected chi connectivity index (χ1v) is 5.75. The summed E-state index contributed by atoms with van der Waals surface area (Å²) < 4.78 is 5.74. The first-order chi connectivity index (χ1) is 8.27. The molecule has 0 saturated carbocycles. The summed E-state index contributed by atoms with van der Waals surface area (Å²) in [4.78, 5) is 0. The molecule has 0 fully saturated rings. The van der Waals surface area contributed by atoms with Crippen molar-refractivity contribution in [1.82, 2.24) is 0 Å². The lowest BCUT2D eigenvalue weighted by Crippen LogP contribution is -1.97. The van der Waals surface area contributed by atoms with Gasteiger partial charge in [0.25, 0.3) is 0 Å². The average Bonchev–Trinajstić information content (AvgIpc) is 2.38. The molecule has 1 nitrogen and oxygen atoms in total. The molecule has 0 N–H and O–H groups in total. The van der Waals surface area contributed by atoms with Crippen LogP contribution < -0.4 is 4.74 Å². The minimum absolute atomic E-state index is 0.494. The molecule has 0 radical (unpaired) electrons. The van der Waals surface area contributed by atoms with E-state index >= 15 is 0 Å². The summed E-state index contributed by atoms with van der Waals surface area (Å²) >= 11 is 5.92. The van der Waals surface area contributed by atoms with Gasteiger partial charge in [-0.1, -0.05) is 60.6 Å². The van der Waals surface area contributed by atoms with Gasteiger partial charge in [-0.15, -0.1) is 0 Å². The monoisotopic (exact) mass is 244 g/mol. The molecule has 0 spiro atoms. The van der Waals surface area contributed by atoms with Crippen LogP contribution in [0.3, 0.4) is 0 Å². The minimum Gasteiger partial charge on any atom is -0.488 e. The molecule has 0 amide bonds. The lowest BCUT2D eigenvalue weighted by atomic mass is 10.2. The van der Waals surface area contributed by atoms with E-state index in [1.165, 1.54) is 0 Å². The lowest BCUT2D eigenvalue weighted by Gasteiger charge is -2.10. The molecule has 0 unspecified atom stereocenters. The zero-order valence-corrected chi connectivity index (χ0v) is 10.2. The van der Waals surface area contributed by atoms with Gasteiger partial charge in [-0.2, -0.15) is 0 Å². The van der Waals surface area contributed by atoms with E-state index in [2.05, 4.69) is 6.58 Å². The van der Waals surface area contributed by atoms with Gasteiger partial charge < -0.3 is 4.74 Å². The van der Waals surface area contributed by atoms with Crippen molar-refractivity contribution < 1.29 is 4.74 Å². The van der Waals surface area contributed by atoms with Crippen molar-refractivity contribution >= 4 is 16.6 Å². The highest BCUT2D eigenvalue weighted by Crippen LogP contribution is 2.27. The highest BCUT2D eigenvalue weighted by atomic mass is 35.5. The van der Waals surface area contributed by atoms with Crippen molar-refractivity contribution in [1.29, 1.82) is 0 Å². The molecule has 2 aromatic carbocycles. The van der Waals surface area contributed by atoms with Crippen molar-refractivity contribution in [2.75, 3.05) is 0 Å². The predicted molar refractivity (Wildman–Crippen MR) is 72.1 cm³/mol. The Morgan fingerprint density at radius 3 is 2.35 bits per heavy atom. The summed E-state index contributed by atoms with van der Waals surface area (Å²) in [7, 11) is 0. The van der Waals surface area contributed by atoms with E-state index in [0.717, 1.165) is 16.9 Å². The molecule has 0 atom stereocenters. The third-order valence-corrected chi connectivity index (χ3v) is 2.62. The van der Waals surface area contributed by atoms with Crippen LogP contribution in [-0.2, 0) is 6.61 Å². The van der Waals surface area contributed by atoms with E-state index in [-0.39, 0.29) is 0 Å². The molecule has 0 aliphatic carbocycles. The summed E-state index contributed by atoms with van der Waals surface area (Å²) in [6.45, 7) is 4.26. The van der Waals surface area contributed by atoms with Gasteiger partial charge in [0.1, 0.15) is 12.4 Å². The quantitative estimate of drug-likeness (QED) is 0.771. The second-order valence-corrected chi connectivity index (χ2v) is 4.13. The van der Waals surface area contributed by atoms with Crippen LogP contribution in [0.4, 0.5) is 0 Å². The van der Waals surface area contributed by atoms with Gasteiger partial charge in [-0.05, 0) is 17.7 Å². The Hall–Kier alpha value is -1.73. The Bertz CT molecular complexity index is 505. The summed E-state index contributed by atoms with van der Waals surface area (Å²) in [5.74, 6) is 0.761. The van der Waals surface area contributed by atoms with E-state index < -0.39 is 0 Å². The molecule has 0 aliphatic rings. The molecule has 17 heavy (non-hydrogen) atoms. The van der Waals surface area contributed by atoms with E-state index in [0.29, 0.717) is 11.6 Å². The van der Waals surface area contributed by atoms with Gasteiger partial charge in [0, 0.05) is 10.6 Å². The Kier molecular flexibility index (Phi) is 3.84. The number of ether oxygens (including phenoxy) is 1. The predicted octanol–water partition coefficient (Wildman–Crippen LogP) is 4.48. The number of hydrogen-bond acceptors (Lipinski definition) is 1. The van der Waals surface area contributed by atoms with Gasteiger partial charge in [0.2, 0.25) is 0 Å². The van der Waals surface area contributed by atoms with Crippen molar-refractivity contribution in [2.45, 2.75) is 6.61 Å². The molecule has 86 valence electrons. The molecule has 2 aromatic rings. The summed E-state index contributed by atoms with van der Waals surface area (Å²) in [6.07, 6.45) is 0. The van der Waals surface area contributed by atoms with Crippen molar-refractivity contribution in [3.63, 3.8) is 0 Å². The molecular formula is C15H13ClO. The molecule has 0 aromatic heterocycles. The smallest absolute Gasteiger partial charge is 0.128 e. The van der Waals surface area contributed by atoms with Crippen LogP contribution in [0, 0.1) is 0 Å². The van der Waals surface area contributed by atoms with E-state index in [4.69, 9.17) is 16.3 Å². The first kappa shape index (κ1) is 11.7. The Morgan fingerprint density at radius 2 is 1.65 bits per heavy atom. The van der Waals surface area contributed by atoms with E-state index in [9.17, 15) is 0 Å². The van der Waals surface area contributed by atoms with Gasteiger partial charge in [-0.25, -0.2) is 0 Å².